The summed E-state index contributed by atoms with van der Waals surface area (Å²) in [6.45, 7) is 5.79. The first-order valence-corrected chi connectivity index (χ1v) is 8.57. The number of fused-ring (bicyclic) bond motifs is 1. The van der Waals surface area contributed by atoms with E-state index in [1.807, 2.05) is 23.1 Å². The molecule has 6 heteroatoms. The second-order valence-electron chi connectivity index (χ2n) is 6.45. The predicted molar refractivity (Wildman–Crippen MR) is 93.9 cm³/mol. The predicted octanol–water partition coefficient (Wildman–Crippen LogP) is 1.45. The number of rotatable bonds is 4. The number of nitrogens with zero attached hydrogens (tertiary/aromatic N) is 2. The first-order chi connectivity index (χ1) is 11.6. The van der Waals surface area contributed by atoms with Gasteiger partial charge in [0.2, 0.25) is 5.91 Å². The molecule has 1 aliphatic heterocycles. The van der Waals surface area contributed by atoms with E-state index in [9.17, 15) is 9.59 Å². The number of hydrogen-bond acceptors (Lipinski definition) is 4. The fourth-order valence-electron chi connectivity index (χ4n) is 3.21. The zero-order chi connectivity index (χ0) is 17.1. The summed E-state index contributed by atoms with van der Waals surface area (Å²) in [6, 6.07) is 7.83. The number of H-pyrrole nitrogens is 1. The van der Waals surface area contributed by atoms with E-state index in [0.717, 1.165) is 13.1 Å². The van der Waals surface area contributed by atoms with Crippen LogP contribution in [0.5, 0.6) is 0 Å². The van der Waals surface area contributed by atoms with Crippen LogP contribution in [-0.2, 0) is 11.2 Å². The summed E-state index contributed by atoms with van der Waals surface area (Å²) in [5.74, 6) is 0.826. The molecule has 0 saturated carbocycles. The van der Waals surface area contributed by atoms with Crippen molar-refractivity contribution in [3.05, 3.63) is 40.4 Å². The third kappa shape index (κ3) is 3.48. The van der Waals surface area contributed by atoms with Crippen LogP contribution in [0, 0.1) is 0 Å². The normalized spacial score (nSPS) is 21.2. The second kappa shape index (κ2) is 7.13. The van der Waals surface area contributed by atoms with E-state index in [-0.39, 0.29) is 17.5 Å². The highest BCUT2D eigenvalue weighted by Gasteiger charge is 2.27. The summed E-state index contributed by atoms with van der Waals surface area (Å²) in [6.07, 6.45) is 1.76. The lowest BCUT2D eigenvalue weighted by Crippen LogP contribution is -2.57. The first kappa shape index (κ1) is 16.6. The molecular weight excluding hydrogens is 304 g/mol. The number of amides is 1. The number of aromatic nitrogens is 2. The maximum absolute atomic E-state index is 12.4. The molecule has 1 aromatic heterocycles. The highest BCUT2D eigenvalue weighted by atomic mass is 16.2. The van der Waals surface area contributed by atoms with E-state index in [1.165, 1.54) is 0 Å². The lowest BCUT2D eigenvalue weighted by molar-refractivity contribution is -0.134. The van der Waals surface area contributed by atoms with Crippen LogP contribution >= 0.6 is 0 Å². The van der Waals surface area contributed by atoms with Crippen LogP contribution in [0.25, 0.3) is 10.9 Å². The second-order valence-corrected chi connectivity index (χ2v) is 6.45. The molecule has 1 fully saturated rings. The number of nitrogens with one attached hydrogen (secondary N) is 2. The van der Waals surface area contributed by atoms with Crippen LogP contribution in [0.2, 0.25) is 0 Å². The van der Waals surface area contributed by atoms with Gasteiger partial charge in [0.15, 0.2) is 0 Å². The number of para-hydroxylation sites is 1. The molecule has 1 amide bonds. The summed E-state index contributed by atoms with van der Waals surface area (Å²) in [5.41, 5.74) is 0.582. The third-order valence-electron chi connectivity index (χ3n) is 4.82. The number of hydrogen-bond donors (Lipinski definition) is 2. The molecule has 24 heavy (non-hydrogen) atoms. The number of carbonyl (C=O) groups excluding carboxylic acids is 1. The average Bonchev–Trinajstić information content (AvgIpc) is 2.57. The summed E-state index contributed by atoms with van der Waals surface area (Å²) in [5, 5.41) is 3.98. The van der Waals surface area contributed by atoms with Gasteiger partial charge in [-0.3, -0.25) is 9.59 Å². The highest BCUT2D eigenvalue weighted by Crippen LogP contribution is 2.12. The van der Waals surface area contributed by atoms with Crippen LogP contribution in [0.3, 0.4) is 0 Å². The molecule has 3 rings (SSSR count). The molecule has 1 saturated heterocycles. The molecule has 2 heterocycles. The van der Waals surface area contributed by atoms with Gasteiger partial charge in [0.25, 0.3) is 5.56 Å². The quantitative estimate of drug-likeness (QED) is 0.890. The molecule has 0 radical (unpaired) electrons. The molecular formula is C18H24N4O2. The summed E-state index contributed by atoms with van der Waals surface area (Å²) >= 11 is 0. The molecule has 0 spiro atoms. The average molecular weight is 328 g/mol. The monoisotopic (exact) mass is 328 g/mol. The lowest BCUT2D eigenvalue weighted by Gasteiger charge is -2.38. The van der Waals surface area contributed by atoms with Crippen molar-refractivity contribution in [2.75, 3.05) is 13.1 Å². The van der Waals surface area contributed by atoms with Gasteiger partial charge in [0.05, 0.1) is 10.9 Å². The zero-order valence-corrected chi connectivity index (χ0v) is 14.2. The maximum atomic E-state index is 12.4. The van der Waals surface area contributed by atoms with E-state index in [1.54, 1.807) is 6.07 Å². The van der Waals surface area contributed by atoms with Crippen molar-refractivity contribution in [3.8, 4) is 0 Å². The topological polar surface area (TPSA) is 78.1 Å². The van der Waals surface area contributed by atoms with Gasteiger partial charge < -0.3 is 15.2 Å². The van der Waals surface area contributed by atoms with Crippen molar-refractivity contribution in [3.63, 3.8) is 0 Å². The van der Waals surface area contributed by atoms with Gasteiger partial charge in [-0.25, -0.2) is 4.98 Å². The minimum Gasteiger partial charge on any atom is -0.337 e. The van der Waals surface area contributed by atoms with Crippen LogP contribution < -0.4 is 10.9 Å². The molecule has 2 aromatic rings. The Morgan fingerprint density at radius 3 is 2.96 bits per heavy atom. The van der Waals surface area contributed by atoms with Crippen molar-refractivity contribution >= 4 is 16.8 Å². The fourth-order valence-corrected chi connectivity index (χ4v) is 3.21. The van der Waals surface area contributed by atoms with Gasteiger partial charge in [-0.2, -0.15) is 0 Å². The molecule has 128 valence electrons. The van der Waals surface area contributed by atoms with Crippen LogP contribution in [0.1, 0.15) is 32.5 Å². The molecule has 1 aliphatic rings. The Labute approximate surface area is 141 Å². The molecule has 2 unspecified atom stereocenters. The van der Waals surface area contributed by atoms with Crippen LogP contribution in [-0.4, -0.2) is 45.9 Å². The summed E-state index contributed by atoms with van der Waals surface area (Å²) in [7, 11) is 0. The number of piperazine rings is 1. The van der Waals surface area contributed by atoms with Crippen molar-refractivity contribution in [2.45, 2.75) is 45.2 Å². The van der Waals surface area contributed by atoms with E-state index in [0.29, 0.717) is 42.0 Å². The van der Waals surface area contributed by atoms with Crippen molar-refractivity contribution < 1.29 is 4.79 Å². The molecule has 1 aromatic carbocycles. The molecule has 0 aliphatic carbocycles. The van der Waals surface area contributed by atoms with Gasteiger partial charge >= 0.3 is 0 Å². The van der Waals surface area contributed by atoms with E-state index < -0.39 is 0 Å². The smallest absolute Gasteiger partial charge is 0.258 e. The number of aromatic amines is 1. The Kier molecular flexibility index (Phi) is 4.94. The largest absolute Gasteiger partial charge is 0.337 e. The van der Waals surface area contributed by atoms with Gasteiger partial charge in [-0.05, 0) is 32.4 Å². The Bertz CT molecular complexity index is 786. The fraction of sp³-hybridized carbons (Fsp3) is 0.500. The van der Waals surface area contributed by atoms with Crippen LogP contribution in [0.4, 0.5) is 0 Å². The minimum atomic E-state index is -0.119. The van der Waals surface area contributed by atoms with Crippen molar-refractivity contribution in [1.29, 1.82) is 0 Å². The Morgan fingerprint density at radius 2 is 2.12 bits per heavy atom. The van der Waals surface area contributed by atoms with Gasteiger partial charge in [-0.1, -0.05) is 12.1 Å². The minimum absolute atomic E-state index is 0.119. The van der Waals surface area contributed by atoms with E-state index >= 15 is 0 Å². The SMILES string of the molecule is CC1NCCN(C(=O)CCCc2nc3ccccc3c(=O)[nH]2)C1C. The van der Waals surface area contributed by atoms with Gasteiger partial charge in [-0.15, -0.1) is 0 Å². The third-order valence-corrected chi connectivity index (χ3v) is 4.82. The Balaban J connectivity index is 1.60. The molecule has 0 bridgehead atoms. The maximum Gasteiger partial charge on any atom is 0.258 e. The van der Waals surface area contributed by atoms with E-state index in [4.69, 9.17) is 0 Å². The number of aryl methyl sites for hydroxylation is 1. The number of benzene rings is 1. The van der Waals surface area contributed by atoms with E-state index in [2.05, 4.69) is 29.1 Å². The summed E-state index contributed by atoms with van der Waals surface area (Å²) < 4.78 is 0. The summed E-state index contributed by atoms with van der Waals surface area (Å²) in [4.78, 5) is 33.7. The molecule has 6 nitrogen and oxygen atoms in total. The lowest BCUT2D eigenvalue weighted by atomic mass is 10.1. The first-order valence-electron chi connectivity index (χ1n) is 8.57. The van der Waals surface area contributed by atoms with Gasteiger partial charge in [0, 0.05) is 38.0 Å². The van der Waals surface area contributed by atoms with Crippen LogP contribution in [0.15, 0.2) is 29.1 Å². The highest BCUT2D eigenvalue weighted by molar-refractivity contribution is 5.77. The molecule has 2 atom stereocenters. The standard InChI is InChI=1S/C18H24N4O2/c1-12-13(2)22(11-10-19-12)17(23)9-5-8-16-20-15-7-4-3-6-14(15)18(24)21-16/h3-4,6-7,12-13,19H,5,8-11H2,1-2H3,(H,20,21,24). The Morgan fingerprint density at radius 1 is 1.33 bits per heavy atom. The van der Waals surface area contributed by atoms with Crippen molar-refractivity contribution in [2.24, 2.45) is 0 Å². The van der Waals surface area contributed by atoms with Gasteiger partial charge in [0.1, 0.15) is 5.82 Å². The Hall–Kier alpha value is -2.21. The molecule has 2 N–H and O–H groups in total. The van der Waals surface area contributed by atoms with Crippen molar-refractivity contribution in [1.82, 2.24) is 20.2 Å². The zero-order valence-electron chi connectivity index (χ0n) is 14.2. The number of carbonyl (C=O) groups is 1.